The molecule has 0 aliphatic rings. The Labute approximate surface area is 113 Å². The van der Waals surface area contributed by atoms with Gasteiger partial charge < -0.3 is 9.84 Å². The molecule has 0 heterocycles. The van der Waals surface area contributed by atoms with E-state index < -0.39 is 11.9 Å². The Bertz CT molecular complexity index is 475. The van der Waals surface area contributed by atoms with Crippen molar-refractivity contribution >= 4 is 11.9 Å². The summed E-state index contributed by atoms with van der Waals surface area (Å²) < 4.78 is 5.06. The second-order valence-corrected chi connectivity index (χ2v) is 3.86. The Morgan fingerprint density at radius 3 is 2.58 bits per heavy atom. The summed E-state index contributed by atoms with van der Waals surface area (Å²) in [7, 11) is 0. The average Bonchev–Trinajstić information content (AvgIpc) is 2.29. The normalized spacial score (nSPS) is 10.0. The van der Waals surface area contributed by atoms with Crippen molar-refractivity contribution in [2.24, 2.45) is 0 Å². The summed E-state index contributed by atoms with van der Waals surface area (Å²) >= 11 is 0. The number of benzene rings is 1. The van der Waals surface area contributed by atoms with Gasteiger partial charge in [0.25, 0.3) is 0 Å². The minimum atomic E-state index is -1.11. The first-order valence-corrected chi connectivity index (χ1v) is 5.74. The van der Waals surface area contributed by atoms with Gasteiger partial charge in [-0.05, 0) is 31.0 Å². The first-order valence-electron chi connectivity index (χ1n) is 5.74. The highest BCUT2D eigenvalue weighted by Gasteiger charge is 2.13. The highest BCUT2D eigenvalue weighted by atomic mass is 16.5. The largest absolute Gasteiger partial charge is 0.478 e. The smallest absolute Gasteiger partial charge is 0.339 e. The molecule has 0 spiro atoms. The number of hydrogen-bond acceptors (Lipinski definition) is 3. The number of carboxylic acids is 1. The molecule has 0 saturated carbocycles. The monoisotopic (exact) mass is 264 g/mol. The molecule has 0 amide bonds. The SMILES string of the molecule is C.CC/C=C\CC(=O)Oc1cc(C)ccc1C(=O)O. The van der Waals surface area contributed by atoms with E-state index in [1.165, 1.54) is 6.07 Å². The van der Waals surface area contributed by atoms with E-state index in [9.17, 15) is 9.59 Å². The Kier molecular flexibility index (Phi) is 7.19. The van der Waals surface area contributed by atoms with Crippen LogP contribution in [0.4, 0.5) is 0 Å². The van der Waals surface area contributed by atoms with Crippen LogP contribution in [-0.2, 0) is 4.79 Å². The van der Waals surface area contributed by atoms with Crippen LogP contribution in [0.5, 0.6) is 5.75 Å². The minimum Gasteiger partial charge on any atom is -0.478 e. The number of carboxylic acid groups (broad SMARTS) is 1. The van der Waals surface area contributed by atoms with Crippen molar-refractivity contribution in [1.82, 2.24) is 0 Å². The summed E-state index contributed by atoms with van der Waals surface area (Å²) in [5, 5.41) is 8.98. The summed E-state index contributed by atoms with van der Waals surface area (Å²) in [5.41, 5.74) is 0.834. The molecule has 4 heteroatoms. The topological polar surface area (TPSA) is 63.6 Å². The van der Waals surface area contributed by atoms with Crippen LogP contribution < -0.4 is 4.74 Å². The van der Waals surface area contributed by atoms with Gasteiger partial charge in [-0.25, -0.2) is 4.79 Å². The second kappa shape index (κ2) is 8.08. The maximum absolute atomic E-state index is 11.5. The van der Waals surface area contributed by atoms with Crippen LogP contribution in [0.15, 0.2) is 30.4 Å². The van der Waals surface area contributed by atoms with Gasteiger partial charge in [0.1, 0.15) is 11.3 Å². The van der Waals surface area contributed by atoms with E-state index in [-0.39, 0.29) is 25.2 Å². The molecular formula is C15H20O4. The number of carbonyl (C=O) groups excluding carboxylic acids is 1. The summed E-state index contributed by atoms with van der Waals surface area (Å²) in [6, 6.07) is 4.64. The lowest BCUT2D eigenvalue weighted by molar-refractivity contribution is -0.133. The fraction of sp³-hybridized carbons (Fsp3) is 0.333. The van der Waals surface area contributed by atoms with Crippen molar-refractivity contribution < 1.29 is 19.4 Å². The number of aryl methyl sites for hydroxylation is 1. The highest BCUT2D eigenvalue weighted by molar-refractivity contribution is 5.92. The molecule has 1 aromatic carbocycles. The molecule has 0 unspecified atom stereocenters. The van der Waals surface area contributed by atoms with E-state index in [0.717, 1.165) is 12.0 Å². The lowest BCUT2D eigenvalue weighted by Crippen LogP contribution is -2.10. The van der Waals surface area contributed by atoms with E-state index in [1.54, 1.807) is 25.1 Å². The quantitative estimate of drug-likeness (QED) is 0.501. The molecular weight excluding hydrogens is 244 g/mol. The number of rotatable bonds is 5. The van der Waals surface area contributed by atoms with Crippen molar-refractivity contribution in [1.29, 1.82) is 0 Å². The van der Waals surface area contributed by atoms with Crippen LogP contribution in [0.2, 0.25) is 0 Å². The Hall–Kier alpha value is -2.10. The molecule has 0 bridgehead atoms. The van der Waals surface area contributed by atoms with Gasteiger partial charge in [0.05, 0.1) is 6.42 Å². The van der Waals surface area contributed by atoms with Gasteiger partial charge in [0, 0.05) is 0 Å². The lowest BCUT2D eigenvalue weighted by atomic mass is 10.1. The Balaban J connectivity index is 0.00000324. The molecule has 4 nitrogen and oxygen atoms in total. The fourth-order valence-electron chi connectivity index (χ4n) is 1.40. The number of allylic oxidation sites excluding steroid dienone is 1. The maximum Gasteiger partial charge on any atom is 0.339 e. The summed E-state index contributed by atoms with van der Waals surface area (Å²) in [4.78, 5) is 22.5. The molecule has 104 valence electrons. The van der Waals surface area contributed by atoms with Crippen LogP contribution in [0, 0.1) is 6.92 Å². The molecule has 19 heavy (non-hydrogen) atoms. The van der Waals surface area contributed by atoms with E-state index >= 15 is 0 Å². The van der Waals surface area contributed by atoms with Crippen molar-refractivity contribution in [2.75, 3.05) is 0 Å². The molecule has 0 aliphatic heterocycles. The van der Waals surface area contributed by atoms with Crippen molar-refractivity contribution in [3.05, 3.63) is 41.5 Å². The molecule has 0 aliphatic carbocycles. The van der Waals surface area contributed by atoms with Gasteiger partial charge in [-0.2, -0.15) is 0 Å². The van der Waals surface area contributed by atoms with Crippen LogP contribution in [0.25, 0.3) is 0 Å². The molecule has 1 N–H and O–H groups in total. The van der Waals surface area contributed by atoms with E-state index in [1.807, 2.05) is 13.0 Å². The van der Waals surface area contributed by atoms with Crippen LogP contribution in [-0.4, -0.2) is 17.0 Å². The lowest BCUT2D eigenvalue weighted by Gasteiger charge is -2.07. The van der Waals surface area contributed by atoms with Gasteiger partial charge in [-0.15, -0.1) is 0 Å². The van der Waals surface area contributed by atoms with Crippen LogP contribution in [0.1, 0.15) is 43.1 Å². The summed E-state index contributed by atoms with van der Waals surface area (Å²) in [5.74, 6) is -1.48. The minimum absolute atomic E-state index is 0. The zero-order chi connectivity index (χ0) is 13.5. The Morgan fingerprint density at radius 2 is 2.00 bits per heavy atom. The second-order valence-electron chi connectivity index (χ2n) is 3.86. The van der Waals surface area contributed by atoms with E-state index in [0.29, 0.717) is 0 Å². The highest BCUT2D eigenvalue weighted by Crippen LogP contribution is 2.20. The number of carbonyl (C=O) groups is 2. The molecule has 0 atom stereocenters. The third-order valence-electron chi connectivity index (χ3n) is 2.28. The molecule has 0 aromatic heterocycles. The van der Waals surface area contributed by atoms with Gasteiger partial charge in [-0.1, -0.05) is 32.6 Å². The van der Waals surface area contributed by atoms with Crippen molar-refractivity contribution in [3.63, 3.8) is 0 Å². The molecule has 1 aromatic rings. The van der Waals surface area contributed by atoms with Crippen molar-refractivity contribution in [2.45, 2.75) is 34.1 Å². The summed E-state index contributed by atoms with van der Waals surface area (Å²) in [6.07, 6.45) is 4.55. The maximum atomic E-state index is 11.5. The van der Waals surface area contributed by atoms with E-state index in [2.05, 4.69) is 0 Å². The molecule has 0 saturated heterocycles. The first kappa shape index (κ1) is 16.9. The van der Waals surface area contributed by atoms with Gasteiger partial charge in [-0.3, -0.25) is 4.79 Å². The van der Waals surface area contributed by atoms with Gasteiger partial charge in [0.15, 0.2) is 0 Å². The number of esters is 1. The van der Waals surface area contributed by atoms with Crippen LogP contribution in [0.3, 0.4) is 0 Å². The fourth-order valence-corrected chi connectivity index (χ4v) is 1.40. The van der Waals surface area contributed by atoms with Gasteiger partial charge >= 0.3 is 11.9 Å². The zero-order valence-electron chi connectivity index (χ0n) is 10.5. The summed E-state index contributed by atoms with van der Waals surface area (Å²) in [6.45, 7) is 3.77. The third kappa shape index (κ3) is 5.38. The first-order chi connectivity index (χ1) is 8.54. The third-order valence-corrected chi connectivity index (χ3v) is 2.28. The zero-order valence-corrected chi connectivity index (χ0v) is 10.5. The van der Waals surface area contributed by atoms with Crippen LogP contribution >= 0.6 is 0 Å². The van der Waals surface area contributed by atoms with E-state index in [4.69, 9.17) is 9.84 Å². The predicted octanol–water partition coefficient (Wildman–Crippen LogP) is 3.59. The standard InChI is InChI=1S/C14H16O4.CH4/c1-3-4-5-6-13(15)18-12-9-10(2)7-8-11(12)14(16)17;/h4-5,7-9H,3,6H2,1-2H3,(H,16,17);1H4/b5-4-;. The molecule has 0 fully saturated rings. The number of ether oxygens (including phenoxy) is 1. The van der Waals surface area contributed by atoms with Crippen molar-refractivity contribution in [3.8, 4) is 5.75 Å². The van der Waals surface area contributed by atoms with Gasteiger partial charge in [0.2, 0.25) is 0 Å². The molecule has 1 rings (SSSR count). The Morgan fingerprint density at radius 1 is 1.32 bits per heavy atom. The average molecular weight is 264 g/mol. The number of aromatic carboxylic acids is 1. The number of hydrogen-bond donors (Lipinski definition) is 1. The predicted molar refractivity (Wildman–Crippen MR) is 74.6 cm³/mol. The molecule has 0 radical (unpaired) electrons.